The number of hydrogen-bond acceptors (Lipinski definition) is 5. The lowest BCUT2D eigenvalue weighted by Crippen LogP contribution is -2.51. The van der Waals surface area contributed by atoms with Crippen LogP contribution in [0.1, 0.15) is 36.5 Å². The van der Waals surface area contributed by atoms with Crippen LogP contribution >= 0.6 is 0 Å². The fourth-order valence-electron chi connectivity index (χ4n) is 4.16. The van der Waals surface area contributed by atoms with Gasteiger partial charge in [0, 0.05) is 37.7 Å². The van der Waals surface area contributed by atoms with Gasteiger partial charge in [-0.3, -0.25) is 9.59 Å². The quantitative estimate of drug-likeness (QED) is 0.306. The maximum atomic E-state index is 13.7. The number of unbranched alkanes of at least 4 members (excludes halogenated alkanes) is 1. The topological polar surface area (TPSA) is 77.1 Å². The Morgan fingerprint density at radius 3 is 2.16 bits per heavy atom. The predicted molar refractivity (Wildman–Crippen MR) is 149 cm³/mol. The predicted octanol–water partition coefficient (Wildman–Crippen LogP) is 4.95. The fraction of sp³-hybridized carbons (Fsp3) is 0.355. The normalized spacial score (nSPS) is 11.4. The average molecular weight is 519 g/mol. The number of carbonyl (C=O) groups excluding carboxylic acids is 2. The van der Waals surface area contributed by atoms with Gasteiger partial charge in [-0.2, -0.15) is 0 Å². The van der Waals surface area contributed by atoms with E-state index in [4.69, 9.17) is 14.2 Å². The minimum absolute atomic E-state index is 0.175. The highest BCUT2D eigenvalue weighted by atomic mass is 16.5. The summed E-state index contributed by atoms with van der Waals surface area (Å²) in [5, 5.41) is 3.03. The largest absolute Gasteiger partial charge is 0.496 e. The van der Waals surface area contributed by atoms with Crippen molar-refractivity contribution in [1.82, 2.24) is 10.2 Å². The Labute approximate surface area is 225 Å². The second kappa shape index (κ2) is 14.7. The van der Waals surface area contributed by atoms with E-state index in [1.165, 1.54) is 0 Å². The molecule has 0 spiro atoms. The lowest BCUT2D eigenvalue weighted by Gasteiger charge is -2.31. The van der Waals surface area contributed by atoms with Crippen LogP contribution in [0.25, 0.3) is 0 Å². The second-order valence-electron chi connectivity index (χ2n) is 9.20. The number of rotatable bonds is 14. The fourth-order valence-corrected chi connectivity index (χ4v) is 4.16. The molecule has 0 saturated heterocycles. The van der Waals surface area contributed by atoms with E-state index in [0.29, 0.717) is 30.2 Å². The lowest BCUT2D eigenvalue weighted by atomic mass is 10.0. The zero-order valence-electron chi connectivity index (χ0n) is 22.7. The molecule has 0 aromatic heterocycles. The van der Waals surface area contributed by atoms with Crippen molar-refractivity contribution in [3.8, 4) is 17.2 Å². The van der Waals surface area contributed by atoms with E-state index in [9.17, 15) is 9.59 Å². The SMILES string of the molecule is CCCCNC(=O)[C@H](Cc1ccccc1)N(Cc1cccc(C)c1)C(=O)COc1cc(OC)cc(OC)c1. The number of hydrogen-bond donors (Lipinski definition) is 1. The monoisotopic (exact) mass is 518 g/mol. The number of amides is 2. The Bertz CT molecular complexity index is 1160. The van der Waals surface area contributed by atoms with Crippen molar-refractivity contribution in [3.63, 3.8) is 0 Å². The van der Waals surface area contributed by atoms with Crippen molar-refractivity contribution in [2.24, 2.45) is 0 Å². The summed E-state index contributed by atoms with van der Waals surface area (Å²) in [4.78, 5) is 28.9. The molecule has 2 amide bonds. The van der Waals surface area contributed by atoms with Gasteiger partial charge in [0.25, 0.3) is 5.91 Å². The maximum absolute atomic E-state index is 13.7. The summed E-state index contributed by atoms with van der Waals surface area (Å²) < 4.78 is 16.5. The summed E-state index contributed by atoms with van der Waals surface area (Å²) in [5.74, 6) is 1.09. The molecule has 0 unspecified atom stereocenters. The van der Waals surface area contributed by atoms with Gasteiger partial charge >= 0.3 is 0 Å². The van der Waals surface area contributed by atoms with Crippen LogP contribution in [-0.4, -0.2) is 50.1 Å². The molecule has 0 aliphatic heterocycles. The highest BCUT2D eigenvalue weighted by Gasteiger charge is 2.30. The van der Waals surface area contributed by atoms with Crippen molar-refractivity contribution in [2.75, 3.05) is 27.4 Å². The average Bonchev–Trinajstić information content (AvgIpc) is 2.94. The molecule has 0 aliphatic rings. The first-order valence-corrected chi connectivity index (χ1v) is 13.0. The van der Waals surface area contributed by atoms with E-state index < -0.39 is 6.04 Å². The molecule has 0 fully saturated rings. The number of aryl methyl sites for hydroxylation is 1. The molecule has 3 aromatic carbocycles. The van der Waals surface area contributed by atoms with E-state index in [2.05, 4.69) is 12.2 Å². The summed E-state index contributed by atoms with van der Waals surface area (Å²) in [6.07, 6.45) is 2.23. The summed E-state index contributed by atoms with van der Waals surface area (Å²) in [6.45, 7) is 4.69. The van der Waals surface area contributed by atoms with Crippen molar-refractivity contribution in [3.05, 3.63) is 89.5 Å². The molecule has 3 rings (SSSR count). The molecule has 1 atom stereocenters. The molecule has 0 aliphatic carbocycles. The number of nitrogens with zero attached hydrogens (tertiary/aromatic N) is 1. The third-order valence-corrected chi connectivity index (χ3v) is 6.22. The van der Waals surface area contributed by atoms with Crippen LogP contribution in [0, 0.1) is 6.92 Å². The Hall–Kier alpha value is -4.00. The van der Waals surface area contributed by atoms with Gasteiger partial charge in [-0.15, -0.1) is 0 Å². The first kappa shape index (κ1) is 28.6. The second-order valence-corrected chi connectivity index (χ2v) is 9.20. The zero-order valence-corrected chi connectivity index (χ0v) is 22.7. The van der Waals surface area contributed by atoms with Crippen LogP contribution in [0.15, 0.2) is 72.8 Å². The molecule has 7 heteroatoms. The van der Waals surface area contributed by atoms with Crippen molar-refractivity contribution < 1.29 is 23.8 Å². The third-order valence-electron chi connectivity index (χ3n) is 6.22. The molecule has 7 nitrogen and oxygen atoms in total. The van der Waals surface area contributed by atoms with Crippen LogP contribution in [-0.2, 0) is 22.6 Å². The van der Waals surface area contributed by atoms with Gasteiger partial charge in [0.1, 0.15) is 23.3 Å². The van der Waals surface area contributed by atoms with E-state index in [0.717, 1.165) is 29.5 Å². The standard InChI is InChI=1S/C31H38N2O5/c1-5-6-15-32-31(35)29(17-24-12-8-7-9-13-24)33(21-25-14-10-11-23(2)16-25)30(34)22-38-28-19-26(36-3)18-27(20-28)37-4/h7-14,16,18-20,29H,5-6,15,17,21-22H2,1-4H3,(H,32,35)/t29-/m0/s1. The van der Waals surface area contributed by atoms with Gasteiger partial charge < -0.3 is 24.4 Å². The molecule has 1 N–H and O–H groups in total. The number of ether oxygens (including phenoxy) is 3. The highest BCUT2D eigenvalue weighted by Crippen LogP contribution is 2.27. The summed E-state index contributed by atoms with van der Waals surface area (Å²) in [6, 6.07) is 22.1. The minimum Gasteiger partial charge on any atom is -0.496 e. The first-order chi connectivity index (χ1) is 18.4. The smallest absolute Gasteiger partial charge is 0.261 e. The molecule has 0 radical (unpaired) electrons. The van der Waals surface area contributed by atoms with Crippen molar-refractivity contribution in [1.29, 1.82) is 0 Å². The highest BCUT2D eigenvalue weighted by molar-refractivity contribution is 5.88. The molecular weight excluding hydrogens is 480 g/mol. The number of carbonyl (C=O) groups is 2. The Kier molecular flexibility index (Phi) is 11.0. The molecule has 3 aromatic rings. The molecular formula is C31H38N2O5. The van der Waals surface area contributed by atoms with Gasteiger partial charge in [-0.05, 0) is 24.5 Å². The van der Waals surface area contributed by atoms with Crippen LogP contribution in [0.2, 0.25) is 0 Å². The van der Waals surface area contributed by atoms with Gasteiger partial charge in [0.15, 0.2) is 6.61 Å². The summed E-state index contributed by atoms with van der Waals surface area (Å²) >= 11 is 0. The number of benzene rings is 3. The molecule has 202 valence electrons. The third kappa shape index (κ3) is 8.54. The number of nitrogens with one attached hydrogen (secondary N) is 1. The van der Waals surface area contributed by atoms with Crippen LogP contribution < -0.4 is 19.5 Å². The van der Waals surface area contributed by atoms with Crippen molar-refractivity contribution >= 4 is 11.8 Å². The molecule has 0 heterocycles. The zero-order chi connectivity index (χ0) is 27.3. The maximum Gasteiger partial charge on any atom is 0.261 e. The van der Waals surface area contributed by atoms with Crippen molar-refractivity contribution in [2.45, 2.75) is 45.7 Å². The molecule has 0 saturated carbocycles. The Morgan fingerprint density at radius 1 is 0.868 bits per heavy atom. The van der Waals surface area contributed by atoms with E-state index in [-0.39, 0.29) is 25.0 Å². The van der Waals surface area contributed by atoms with E-state index in [1.807, 2.05) is 61.5 Å². The first-order valence-electron chi connectivity index (χ1n) is 13.0. The van der Waals surface area contributed by atoms with Crippen LogP contribution in [0.4, 0.5) is 0 Å². The Balaban J connectivity index is 1.90. The molecule has 38 heavy (non-hydrogen) atoms. The van der Waals surface area contributed by atoms with Gasteiger partial charge in [-0.1, -0.05) is 73.5 Å². The molecule has 0 bridgehead atoms. The van der Waals surface area contributed by atoms with Crippen LogP contribution in [0.3, 0.4) is 0 Å². The summed E-state index contributed by atoms with van der Waals surface area (Å²) in [5.41, 5.74) is 3.01. The van der Waals surface area contributed by atoms with Gasteiger partial charge in [0.05, 0.1) is 14.2 Å². The van der Waals surface area contributed by atoms with Gasteiger partial charge in [0.2, 0.25) is 5.91 Å². The minimum atomic E-state index is -0.703. The Morgan fingerprint density at radius 2 is 1.53 bits per heavy atom. The van der Waals surface area contributed by atoms with Gasteiger partial charge in [-0.25, -0.2) is 0 Å². The summed E-state index contributed by atoms with van der Waals surface area (Å²) in [7, 11) is 3.11. The number of methoxy groups -OCH3 is 2. The van der Waals surface area contributed by atoms with Crippen LogP contribution in [0.5, 0.6) is 17.2 Å². The van der Waals surface area contributed by atoms with E-state index in [1.54, 1.807) is 37.3 Å². The lowest BCUT2D eigenvalue weighted by molar-refractivity contribution is -0.142. The van der Waals surface area contributed by atoms with E-state index >= 15 is 0 Å².